The first-order valence-corrected chi connectivity index (χ1v) is 7.21. The molecule has 0 radical (unpaired) electrons. The first-order valence-electron chi connectivity index (χ1n) is 7.21. The van der Waals surface area contributed by atoms with Crippen LogP contribution in [-0.4, -0.2) is 39.5 Å². The summed E-state index contributed by atoms with van der Waals surface area (Å²) in [4.78, 5) is 11.5. The summed E-state index contributed by atoms with van der Waals surface area (Å²) >= 11 is 0. The van der Waals surface area contributed by atoms with Crippen LogP contribution in [0.5, 0.6) is 11.5 Å². The number of benzene rings is 1. The second-order valence-electron chi connectivity index (χ2n) is 4.97. The third-order valence-corrected chi connectivity index (χ3v) is 3.55. The molecule has 116 valence electrons. The molecule has 0 aliphatic carbocycles. The lowest BCUT2D eigenvalue weighted by molar-refractivity contribution is -0.139. The van der Waals surface area contributed by atoms with Gasteiger partial charge in [0.25, 0.3) is 0 Å². The lowest BCUT2D eigenvalue weighted by Gasteiger charge is -2.16. The number of hydrogen-bond acceptors (Lipinski definition) is 5. The van der Waals surface area contributed by atoms with E-state index in [9.17, 15) is 4.79 Å². The summed E-state index contributed by atoms with van der Waals surface area (Å²) in [6.45, 7) is 1.38. The van der Waals surface area contributed by atoms with Gasteiger partial charge in [0.05, 0.1) is 33.4 Å². The van der Waals surface area contributed by atoms with E-state index in [1.165, 1.54) is 7.11 Å². The van der Waals surface area contributed by atoms with Gasteiger partial charge in [0.2, 0.25) is 0 Å². The molecular weight excluding hydrogens is 272 g/mol. The van der Waals surface area contributed by atoms with Gasteiger partial charge in [0.1, 0.15) is 0 Å². The van der Waals surface area contributed by atoms with E-state index >= 15 is 0 Å². The molecule has 2 rings (SSSR count). The lowest BCUT2D eigenvalue weighted by Crippen LogP contribution is -2.13. The van der Waals surface area contributed by atoms with E-state index in [2.05, 4.69) is 0 Å². The number of esters is 1. The van der Waals surface area contributed by atoms with Crippen molar-refractivity contribution in [1.82, 2.24) is 0 Å². The van der Waals surface area contributed by atoms with Gasteiger partial charge < -0.3 is 18.9 Å². The van der Waals surface area contributed by atoms with Crippen molar-refractivity contribution in [3.63, 3.8) is 0 Å². The number of methoxy groups -OCH3 is 2. The summed E-state index contributed by atoms with van der Waals surface area (Å²) in [6.07, 6.45) is 3.50. The summed E-state index contributed by atoms with van der Waals surface area (Å²) < 4.78 is 21.5. The maximum Gasteiger partial charge on any atom is 0.310 e. The summed E-state index contributed by atoms with van der Waals surface area (Å²) in [5, 5.41) is 0. The second-order valence-corrected chi connectivity index (χ2v) is 4.97. The van der Waals surface area contributed by atoms with Crippen molar-refractivity contribution in [3.05, 3.63) is 23.8 Å². The van der Waals surface area contributed by atoms with Crippen molar-refractivity contribution in [1.29, 1.82) is 0 Å². The van der Waals surface area contributed by atoms with Gasteiger partial charge in [-0.1, -0.05) is 12.1 Å². The number of carbonyl (C=O) groups excluding carboxylic acids is 1. The highest BCUT2D eigenvalue weighted by Gasteiger charge is 2.17. The highest BCUT2D eigenvalue weighted by Crippen LogP contribution is 2.32. The summed E-state index contributed by atoms with van der Waals surface area (Å²) in [6, 6.07) is 5.51. The Morgan fingerprint density at radius 1 is 1.38 bits per heavy atom. The molecular formula is C16H22O5. The van der Waals surface area contributed by atoms with Crippen LogP contribution in [0.2, 0.25) is 0 Å². The first-order chi connectivity index (χ1) is 10.2. The smallest absolute Gasteiger partial charge is 0.310 e. The molecule has 21 heavy (non-hydrogen) atoms. The Kier molecular flexibility index (Phi) is 5.87. The molecule has 0 amide bonds. The van der Waals surface area contributed by atoms with Crippen LogP contribution in [0, 0.1) is 0 Å². The van der Waals surface area contributed by atoms with Crippen LogP contribution in [-0.2, 0) is 20.7 Å². The molecule has 5 nitrogen and oxygen atoms in total. The van der Waals surface area contributed by atoms with Gasteiger partial charge in [-0.2, -0.15) is 0 Å². The molecule has 0 bridgehead atoms. The van der Waals surface area contributed by atoms with Crippen molar-refractivity contribution in [2.24, 2.45) is 0 Å². The van der Waals surface area contributed by atoms with Crippen molar-refractivity contribution < 1.29 is 23.7 Å². The molecule has 0 saturated carbocycles. The van der Waals surface area contributed by atoms with Crippen LogP contribution >= 0.6 is 0 Å². The molecule has 0 aromatic heterocycles. The molecule has 5 heteroatoms. The predicted octanol–water partition coefficient (Wildman–Crippen LogP) is 2.36. The predicted molar refractivity (Wildman–Crippen MR) is 77.8 cm³/mol. The van der Waals surface area contributed by atoms with Gasteiger partial charge in [0, 0.05) is 18.6 Å². The molecule has 0 spiro atoms. The Morgan fingerprint density at radius 3 is 2.90 bits per heavy atom. The van der Waals surface area contributed by atoms with Crippen LogP contribution in [0.1, 0.15) is 24.8 Å². The van der Waals surface area contributed by atoms with E-state index in [0.717, 1.165) is 31.4 Å². The van der Waals surface area contributed by atoms with Crippen LogP contribution < -0.4 is 9.47 Å². The molecule has 1 atom stereocenters. The van der Waals surface area contributed by atoms with Crippen molar-refractivity contribution in [2.45, 2.75) is 31.8 Å². The molecule has 1 aromatic rings. The Hall–Kier alpha value is -1.75. The average Bonchev–Trinajstić information content (AvgIpc) is 3.01. The minimum atomic E-state index is -0.299. The van der Waals surface area contributed by atoms with Crippen LogP contribution in [0.3, 0.4) is 0 Å². The van der Waals surface area contributed by atoms with Gasteiger partial charge in [-0.3, -0.25) is 4.79 Å². The Labute approximate surface area is 125 Å². The maximum absolute atomic E-state index is 11.5. The Morgan fingerprint density at radius 2 is 2.24 bits per heavy atom. The Balaban J connectivity index is 2.01. The molecule has 1 aliphatic heterocycles. The number of hydrogen-bond donors (Lipinski definition) is 0. The summed E-state index contributed by atoms with van der Waals surface area (Å²) in [5.41, 5.74) is 0.772. The molecule has 1 heterocycles. The van der Waals surface area contributed by atoms with E-state index < -0.39 is 0 Å². The van der Waals surface area contributed by atoms with Crippen LogP contribution in [0.15, 0.2) is 18.2 Å². The van der Waals surface area contributed by atoms with Crippen LogP contribution in [0.25, 0.3) is 0 Å². The first kappa shape index (κ1) is 15.6. The van der Waals surface area contributed by atoms with Gasteiger partial charge in [0.15, 0.2) is 11.5 Å². The molecule has 1 aromatic carbocycles. The molecule has 0 unspecified atom stereocenters. The topological polar surface area (TPSA) is 54.0 Å². The minimum Gasteiger partial charge on any atom is -0.493 e. The van der Waals surface area contributed by atoms with E-state index in [1.54, 1.807) is 7.11 Å². The lowest BCUT2D eigenvalue weighted by atomic mass is 10.1. The van der Waals surface area contributed by atoms with Gasteiger partial charge in [-0.25, -0.2) is 0 Å². The van der Waals surface area contributed by atoms with Crippen molar-refractivity contribution >= 4 is 5.97 Å². The van der Waals surface area contributed by atoms with E-state index in [-0.39, 0.29) is 18.5 Å². The summed E-state index contributed by atoms with van der Waals surface area (Å²) in [7, 11) is 2.96. The number of para-hydroxylation sites is 1. The van der Waals surface area contributed by atoms with E-state index in [0.29, 0.717) is 18.1 Å². The monoisotopic (exact) mass is 294 g/mol. The van der Waals surface area contributed by atoms with Gasteiger partial charge in [-0.15, -0.1) is 0 Å². The van der Waals surface area contributed by atoms with Crippen molar-refractivity contribution in [3.8, 4) is 11.5 Å². The maximum atomic E-state index is 11.5. The number of ether oxygens (including phenoxy) is 4. The quantitative estimate of drug-likeness (QED) is 0.723. The fraction of sp³-hybridized carbons (Fsp3) is 0.562. The van der Waals surface area contributed by atoms with Gasteiger partial charge in [-0.05, 0) is 18.9 Å². The SMILES string of the molecule is COC(=O)Cc1cccc(OC)c1OCC[C@H]1CCCO1. The summed E-state index contributed by atoms with van der Waals surface area (Å²) in [5.74, 6) is 0.944. The Bertz CT molecular complexity index is 466. The zero-order valence-electron chi connectivity index (χ0n) is 12.6. The highest BCUT2D eigenvalue weighted by molar-refractivity contribution is 5.74. The average molecular weight is 294 g/mol. The third kappa shape index (κ3) is 4.36. The zero-order chi connectivity index (χ0) is 15.1. The fourth-order valence-corrected chi connectivity index (χ4v) is 2.42. The number of rotatable bonds is 7. The normalized spacial score (nSPS) is 17.5. The van der Waals surface area contributed by atoms with Crippen LogP contribution in [0.4, 0.5) is 0 Å². The van der Waals surface area contributed by atoms with Gasteiger partial charge >= 0.3 is 5.97 Å². The molecule has 1 fully saturated rings. The fourth-order valence-electron chi connectivity index (χ4n) is 2.42. The standard InChI is InChI=1S/C16H22O5/c1-18-14-7-3-5-12(11-15(17)19-2)16(14)21-10-8-13-6-4-9-20-13/h3,5,7,13H,4,6,8-11H2,1-2H3/t13-/m1/s1. The molecule has 1 saturated heterocycles. The molecule has 1 aliphatic rings. The molecule has 0 N–H and O–H groups in total. The third-order valence-electron chi connectivity index (χ3n) is 3.55. The highest BCUT2D eigenvalue weighted by atomic mass is 16.5. The second kappa shape index (κ2) is 7.88. The zero-order valence-corrected chi connectivity index (χ0v) is 12.6. The van der Waals surface area contributed by atoms with E-state index in [4.69, 9.17) is 18.9 Å². The van der Waals surface area contributed by atoms with Crippen molar-refractivity contribution in [2.75, 3.05) is 27.4 Å². The largest absolute Gasteiger partial charge is 0.493 e. The van der Waals surface area contributed by atoms with E-state index in [1.807, 2.05) is 18.2 Å². The number of carbonyl (C=O) groups is 1. The minimum absolute atomic E-state index is 0.170.